The molecule has 0 spiro atoms. The van der Waals surface area contributed by atoms with Crippen LogP contribution < -0.4 is 5.56 Å². The molecule has 5 heteroatoms. The Morgan fingerprint density at radius 3 is 2.72 bits per heavy atom. The fraction of sp³-hybridized carbons (Fsp3) is 0.417. The summed E-state index contributed by atoms with van der Waals surface area (Å²) in [7, 11) is 0. The lowest BCUT2D eigenvalue weighted by Crippen LogP contribution is -2.35. The van der Waals surface area contributed by atoms with Gasteiger partial charge in [0.05, 0.1) is 24.4 Å². The maximum Gasteiger partial charge on any atom is 0.255 e. The Kier molecular flexibility index (Phi) is 4.94. The van der Waals surface area contributed by atoms with Crippen molar-refractivity contribution in [1.29, 1.82) is 0 Å². The fourth-order valence-electron chi connectivity index (χ4n) is 4.96. The van der Waals surface area contributed by atoms with Crippen LogP contribution in [-0.4, -0.2) is 38.8 Å². The third-order valence-electron chi connectivity index (χ3n) is 6.51. The summed E-state index contributed by atoms with van der Waals surface area (Å²) in [5, 5.41) is 10.8. The second-order valence-electron chi connectivity index (χ2n) is 8.36. The van der Waals surface area contributed by atoms with Crippen LogP contribution in [0.1, 0.15) is 41.6 Å². The molecule has 1 N–H and O–H groups in total. The van der Waals surface area contributed by atoms with E-state index in [1.54, 1.807) is 6.20 Å². The van der Waals surface area contributed by atoms with E-state index in [9.17, 15) is 9.90 Å². The predicted octanol–water partition coefficient (Wildman–Crippen LogP) is 2.89. The zero-order valence-corrected chi connectivity index (χ0v) is 16.7. The summed E-state index contributed by atoms with van der Waals surface area (Å²) in [5.74, 6) is 0. The second-order valence-corrected chi connectivity index (χ2v) is 8.36. The molecule has 150 valence electrons. The number of fused-ring (bicyclic) bond motifs is 2. The van der Waals surface area contributed by atoms with Crippen LogP contribution in [0.15, 0.2) is 47.4 Å². The Morgan fingerprint density at radius 2 is 1.93 bits per heavy atom. The standard InChI is InChI=1S/C24H27N3O2/c28-16-22-8-4-10-26(22)14-20-12-19-11-17-5-3-6-18(17)13-23(19)27(24(20)29)15-21-7-1-2-9-25-21/h1-2,7,9,11-13,22,28H,3-6,8,10,14-16H2/t22-/m0/s1. The van der Waals surface area contributed by atoms with Gasteiger partial charge in [-0.15, -0.1) is 0 Å². The maximum atomic E-state index is 13.5. The average molecular weight is 389 g/mol. The summed E-state index contributed by atoms with van der Waals surface area (Å²) < 4.78 is 1.90. The number of rotatable bonds is 5. The monoisotopic (exact) mass is 389 g/mol. The summed E-state index contributed by atoms with van der Waals surface area (Å²) in [6.45, 7) is 2.17. The number of aliphatic hydroxyl groups excluding tert-OH is 1. The van der Waals surface area contributed by atoms with Gasteiger partial charge in [-0.1, -0.05) is 6.07 Å². The van der Waals surface area contributed by atoms with Gasteiger partial charge in [-0.2, -0.15) is 0 Å². The van der Waals surface area contributed by atoms with Crippen molar-refractivity contribution in [3.8, 4) is 0 Å². The highest BCUT2D eigenvalue weighted by Gasteiger charge is 2.25. The number of hydrogen-bond acceptors (Lipinski definition) is 4. The summed E-state index contributed by atoms with van der Waals surface area (Å²) in [6, 6.07) is 12.6. The van der Waals surface area contributed by atoms with E-state index in [0.29, 0.717) is 13.1 Å². The number of aromatic nitrogens is 2. The van der Waals surface area contributed by atoms with Crippen molar-refractivity contribution in [3.05, 3.63) is 75.3 Å². The Bertz CT molecular complexity index is 1090. The molecule has 1 aliphatic carbocycles. The van der Waals surface area contributed by atoms with Crippen molar-refractivity contribution in [2.75, 3.05) is 13.2 Å². The minimum atomic E-state index is 0.0599. The molecular formula is C24H27N3O2. The molecular weight excluding hydrogens is 362 g/mol. The van der Waals surface area contributed by atoms with Crippen LogP contribution in [0, 0.1) is 0 Å². The molecule has 1 fully saturated rings. The van der Waals surface area contributed by atoms with Crippen LogP contribution in [0.3, 0.4) is 0 Å². The number of nitrogens with zero attached hydrogens (tertiary/aromatic N) is 3. The van der Waals surface area contributed by atoms with Crippen molar-refractivity contribution >= 4 is 10.9 Å². The fourth-order valence-corrected chi connectivity index (χ4v) is 4.96. The highest BCUT2D eigenvalue weighted by Crippen LogP contribution is 2.28. The number of aryl methyl sites for hydroxylation is 2. The van der Waals surface area contributed by atoms with Gasteiger partial charge in [0.25, 0.3) is 5.56 Å². The molecule has 1 atom stereocenters. The first-order chi connectivity index (χ1) is 14.2. The van der Waals surface area contributed by atoms with Crippen LogP contribution in [0.2, 0.25) is 0 Å². The van der Waals surface area contributed by atoms with E-state index in [1.807, 2.05) is 22.8 Å². The number of benzene rings is 1. The molecule has 5 rings (SSSR count). The minimum absolute atomic E-state index is 0.0599. The first-order valence-electron chi connectivity index (χ1n) is 10.7. The van der Waals surface area contributed by atoms with E-state index in [-0.39, 0.29) is 18.2 Å². The topological polar surface area (TPSA) is 58.4 Å². The van der Waals surface area contributed by atoms with Gasteiger partial charge in [0, 0.05) is 24.3 Å². The normalized spacial score (nSPS) is 19.1. The van der Waals surface area contributed by atoms with Crippen molar-refractivity contribution in [2.45, 2.75) is 51.2 Å². The molecule has 0 bridgehead atoms. The Labute approximate surface area is 170 Å². The van der Waals surface area contributed by atoms with Crippen molar-refractivity contribution < 1.29 is 5.11 Å². The van der Waals surface area contributed by atoms with Gasteiger partial charge >= 0.3 is 0 Å². The molecule has 5 nitrogen and oxygen atoms in total. The van der Waals surface area contributed by atoms with Crippen LogP contribution in [-0.2, 0) is 25.9 Å². The molecule has 3 aromatic rings. The molecule has 1 saturated heterocycles. The molecule has 1 aromatic carbocycles. The van der Waals surface area contributed by atoms with E-state index < -0.39 is 0 Å². The second kappa shape index (κ2) is 7.73. The predicted molar refractivity (Wildman–Crippen MR) is 114 cm³/mol. The average Bonchev–Trinajstić information content (AvgIpc) is 3.39. The van der Waals surface area contributed by atoms with E-state index >= 15 is 0 Å². The SMILES string of the molecule is O=c1c(CN2CCC[C@H]2CO)cc2cc3c(cc2n1Cc1ccccn1)CCC3. The lowest BCUT2D eigenvalue weighted by atomic mass is 10.0. The van der Waals surface area contributed by atoms with E-state index in [1.165, 1.54) is 17.5 Å². The summed E-state index contributed by atoms with van der Waals surface area (Å²) >= 11 is 0. The van der Waals surface area contributed by atoms with Crippen LogP contribution in [0.5, 0.6) is 0 Å². The number of pyridine rings is 2. The van der Waals surface area contributed by atoms with Crippen LogP contribution >= 0.6 is 0 Å². The van der Waals surface area contributed by atoms with Crippen LogP contribution in [0.25, 0.3) is 10.9 Å². The van der Waals surface area contributed by atoms with Gasteiger partial charge in [-0.3, -0.25) is 14.7 Å². The zero-order valence-electron chi connectivity index (χ0n) is 16.7. The van der Waals surface area contributed by atoms with Gasteiger partial charge in [0.1, 0.15) is 0 Å². The lowest BCUT2D eigenvalue weighted by molar-refractivity contribution is 0.153. The largest absolute Gasteiger partial charge is 0.395 e. The van der Waals surface area contributed by atoms with E-state index in [4.69, 9.17) is 0 Å². The molecule has 0 saturated carbocycles. The third kappa shape index (κ3) is 3.49. The zero-order chi connectivity index (χ0) is 19.8. The minimum Gasteiger partial charge on any atom is -0.395 e. The Balaban J connectivity index is 1.63. The van der Waals surface area contributed by atoms with E-state index in [2.05, 4.69) is 28.1 Å². The van der Waals surface area contributed by atoms with Gasteiger partial charge in [-0.25, -0.2) is 0 Å². The van der Waals surface area contributed by atoms with Gasteiger partial charge in [0.15, 0.2) is 0 Å². The first kappa shape index (κ1) is 18.5. The first-order valence-corrected chi connectivity index (χ1v) is 10.7. The highest BCUT2D eigenvalue weighted by atomic mass is 16.3. The maximum absolute atomic E-state index is 13.5. The summed E-state index contributed by atoms with van der Waals surface area (Å²) in [5.41, 5.74) is 5.56. The molecule has 0 amide bonds. The van der Waals surface area contributed by atoms with E-state index in [0.717, 1.165) is 54.4 Å². The number of aliphatic hydroxyl groups is 1. The number of hydrogen-bond donors (Lipinski definition) is 1. The van der Waals surface area contributed by atoms with Crippen LogP contribution in [0.4, 0.5) is 0 Å². The van der Waals surface area contributed by atoms with Crippen molar-refractivity contribution in [3.63, 3.8) is 0 Å². The molecule has 2 aromatic heterocycles. The molecule has 29 heavy (non-hydrogen) atoms. The smallest absolute Gasteiger partial charge is 0.255 e. The quantitative estimate of drug-likeness (QED) is 0.729. The molecule has 0 radical (unpaired) electrons. The van der Waals surface area contributed by atoms with Gasteiger partial charge < -0.3 is 9.67 Å². The molecule has 1 aliphatic heterocycles. The molecule has 2 aliphatic rings. The van der Waals surface area contributed by atoms with Crippen molar-refractivity contribution in [1.82, 2.24) is 14.5 Å². The van der Waals surface area contributed by atoms with Crippen molar-refractivity contribution in [2.24, 2.45) is 0 Å². The third-order valence-corrected chi connectivity index (χ3v) is 6.51. The number of likely N-dealkylation sites (tertiary alicyclic amines) is 1. The van der Waals surface area contributed by atoms with Gasteiger partial charge in [0.2, 0.25) is 0 Å². The summed E-state index contributed by atoms with van der Waals surface area (Å²) in [4.78, 5) is 20.2. The summed E-state index contributed by atoms with van der Waals surface area (Å²) in [6.07, 6.45) is 7.26. The highest BCUT2D eigenvalue weighted by molar-refractivity contribution is 5.82. The molecule has 3 heterocycles. The van der Waals surface area contributed by atoms with Gasteiger partial charge in [-0.05, 0) is 85.5 Å². The Morgan fingerprint density at radius 1 is 1.07 bits per heavy atom. The molecule has 0 unspecified atom stereocenters. The Hall–Kier alpha value is -2.50. The lowest BCUT2D eigenvalue weighted by Gasteiger charge is -2.23.